The van der Waals surface area contributed by atoms with Crippen LogP contribution in [0.2, 0.25) is 0 Å². The summed E-state index contributed by atoms with van der Waals surface area (Å²) < 4.78 is 7.64. The molecule has 0 unspecified atom stereocenters. The van der Waals surface area contributed by atoms with Crippen molar-refractivity contribution in [2.24, 2.45) is 5.92 Å². The molecule has 4 nitrogen and oxygen atoms in total. The van der Waals surface area contributed by atoms with Crippen molar-refractivity contribution in [2.75, 3.05) is 13.2 Å². The molecule has 0 aliphatic rings. The molecule has 1 heterocycles. The second-order valence-electron chi connectivity index (χ2n) is 5.62. The van der Waals surface area contributed by atoms with Crippen molar-refractivity contribution in [3.05, 3.63) is 48.3 Å². The largest absolute Gasteiger partial charge is 0.494 e. The number of hydrogen-bond acceptors (Lipinski definition) is 3. The van der Waals surface area contributed by atoms with Gasteiger partial charge in [0.15, 0.2) is 0 Å². The zero-order valence-corrected chi connectivity index (χ0v) is 13.0. The van der Waals surface area contributed by atoms with Gasteiger partial charge in [0, 0.05) is 25.5 Å². The molecule has 0 saturated heterocycles. The Hall–Kier alpha value is -1.81. The second-order valence-corrected chi connectivity index (χ2v) is 5.62. The molecule has 0 saturated carbocycles. The van der Waals surface area contributed by atoms with E-state index in [9.17, 15) is 0 Å². The fraction of sp³-hybridized carbons (Fsp3) is 0.471. The van der Waals surface area contributed by atoms with Crippen molar-refractivity contribution in [1.82, 2.24) is 15.1 Å². The van der Waals surface area contributed by atoms with Crippen LogP contribution in [0.4, 0.5) is 0 Å². The summed E-state index contributed by atoms with van der Waals surface area (Å²) >= 11 is 0. The minimum absolute atomic E-state index is 0.684. The molecule has 0 fully saturated rings. The third-order valence-electron chi connectivity index (χ3n) is 3.29. The Kier molecular flexibility index (Phi) is 6.28. The highest BCUT2D eigenvalue weighted by Crippen LogP contribution is 2.13. The molecule has 1 aromatic carbocycles. The van der Waals surface area contributed by atoms with E-state index in [4.69, 9.17) is 4.74 Å². The summed E-state index contributed by atoms with van der Waals surface area (Å²) in [7, 11) is 0. The van der Waals surface area contributed by atoms with Gasteiger partial charge in [-0.25, -0.2) is 0 Å². The van der Waals surface area contributed by atoms with Gasteiger partial charge in [-0.15, -0.1) is 0 Å². The van der Waals surface area contributed by atoms with E-state index in [1.165, 1.54) is 5.56 Å². The Bertz CT molecular complexity index is 491. The molecule has 0 amide bonds. The predicted molar refractivity (Wildman–Crippen MR) is 85.3 cm³/mol. The third kappa shape index (κ3) is 6.00. The average molecular weight is 287 g/mol. The van der Waals surface area contributed by atoms with Crippen LogP contribution in [0.25, 0.3) is 0 Å². The summed E-state index contributed by atoms with van der Waals surface area (Å²) in [4.78, 5) is 0. The first-order chi connectivity index (χ1) is 10.2. The van der Waals surface area contributed by atoms with Crippen LogP contribution in [-0.2, 0) is 13.1 Å². The van der Waals surface area contributed by atoms with E-state index in [1.807, 2.05) is 29.1 Å². The van der Waals surface area contributed by atoms with Crippen LogP contribution in [0.5, 0.6) is 5.75 Å². The Labute approximate surface area is 127 Å². The summed E-state index contributed by atoms with van der Waals surface area (Å²) in [5, 5.41) is 7.59. The van der Waals surface area contributed by atoms with E-state index < -0.39 is 0 Å². The van der Waals surface area contributed by atoms with Crippen LogP contribution >= 0.6 is 0 Å². The summed E-state index contributed by atoms with van der Waals surface area (Å²) in [5.74, 6) is 1.64. The van der Waals surface area contributed by atoms with Crippen molar-refractivity contribution in [3.8, 4) is 5.75 Å². The monoisotopic (exact) mass is 287 g/mol. The lowest BCUT2D eigenvalue weighted by atomic mass is 10.1. The van der Waals surface area contributed by atoms with Gasteiger partial charge in [-0.05, 0) is 36.1 Å². The minimum Gasteiger partial charge on any atom is -0.494 e. The van der Waals surface area contributed by atoms with Gasteiger partial charge in [-0.1, -0.05) is 26.0 Å². The molecule has 1 aromatic heterocycles. The maximum atomic E-state index is 5.71. The molecule has 4 heteroatoms. The summed E-state index contributed by atoms with van der Waals surface area (Å²) in [6.45, 7) is 7.88. The van der Waals surface area contributed by atoms with E-state index in [0.717, 1.165) is 38.4 Å². The van der Waals surface area contributed by atoms with E-state index in [2.05, 4.69) is 36.4 Å². The van der Waals surface area contributed by atoms with Crippen LogP contribution in [0.15, 0.2) is 42.7 Å². The predicted octanol–water partition coefficient (Wildman–Crippen LogP) is 3.10. The van der Waals surface area contributed by atoms with Gasteiger partial charge in [0.1, 0.15) is 5.75 Å². The van der Waals surface area contributed by atoms with E-state index in [-0.39, 0.29) is 0 Å². The van der Waals surface area contributed by atoms with E-state index in [0.29, 0.717) is 5.92 Å². The van der Waals surface area contributed by atoms with Crippen LogP contribution in [-0.4, -0.2) is 22.9 Å². The highest BCUT2D eigenvalue weighted by Gasteiger charge is 1.98. The number of nitrogens with one attached hydrogen (secondary N) is 1. The second kappa shape index (κ2) is 8.47. The first-order valence-electron chi connectivity index (χ1n) is 7.64. The maximum Gasteiger partial charge on any atom is 0.119 e. The van der Waals surface area contributed by atoms with Gasteiger partial charge in [-0.2, -0.15) is 5.10 Å². The summed E-state index contributed by atoms with van der Waals surface area (Å²) in [6.07, 6.45) is 4.87. The standard InChI is InChI=1S/C17H25N3O/c1-15(2)8-13-21-17-6-4-16(5-7-17)14-18-10-12-20-11-3-9-19-20/h3-7,9,11,15,18H,8,10,12-14H2,1-2H3. The molecule has 0 spiro atoms. The number of aromatic nitrogens is 2. The Balaban J connectivity index is 1.65. The van der Waals surface area contributed by atoms with Gasteiger partial charge in [0.05, 0.1) is 13.2 Å². The maximum absolute atomic E-state index is 5.71. The van der Waals surface area contributed by atoms with Gasteiger partial charge < -0.3 is 10.1 Å². The number of ether oxygens (including phenoxy) is 1. The van der Waals surface area contributed by atoms with Crippen molar-refractivity contribution in [1.29, 1.82) is 0 Å². The third-order valence-corrected chi connectivity index (χ3v) is 3.29. The molecule has 114 valence electrons. The molecular weight excluding hydrogens is 262 g/mol. The molecule has 0 aliphatic heterocycles. The summed E-state index contributed by atoms with van der Waals surface area (Å²) in [5.41, 5.74) is 1.27. The van der Waals surface area contributed by atoms with Crippen molar-refractivity contribution >= 4 is 0 Å². The van der Waals surface area contributed by atoms with Crippen LogP contribution < -0.4 is 10.1 Å². The lowest BCUT2D eigenvalue weighted by Gasteiger charge is -2.09. The van der Waals surface area contributed by atoms with Crippen molar-refractivity contribution in [3.63, 3.8) is 0 Å². The van der Waals surface area contributed by atoms with E-state index in [1.54, 1.807) is 6.20 Å². The SMILES string of the molecule is CC(C)CCOc1ccc(CNCCn2cccn2)cc1. The minimum atomic E-state index is 0.684. The number of nitrogens with zero attached hydrogens (tertiary/aromatic N) is 2. The molecular formula is C17H25N3O. The fourth-order valence-corrected chi connectivity index (χ4v) is 1.98. The molecule has 0 atom stereocenters. The summed E-state index contributed by atoms with van der Waals surface area (Å²) in [6, 6.07) is 10.3. The number of rotatable bonds is 9. The number of benzene rings is 1. The van der Waals surface area contributed by atoms with E-state index >= 15 is 0 Å². The molecule has 2 rings (SSSR count). The van der Waals surface area contributed by atoms with Crippen molar-refractivity contribution < 1.29 is 4.74 Å². The molecule has 1 N–H and O–H groups in total. The average Bonchev–Trinajstić information content (AvgIpc) is 2.98. The van der Waals surface area contributed by atoms with Crippen molar-refractivity contribution in [2.45, 2.75) is 33.4 Å². The van der Waals surface area contributed by atoms with Gasteiger partial charge in [0.25, 0.3) is 0 Å². The Morgan fingerprint density at radius 3 is 2.71 bits per heavy atom. The molecule has 0 bridgehead atoms. The Morgan fingerprint density at radius 1 is 1.24 bits per heavy atom. The number of hydrogen-bond donors (Lipinski definition) is 1. The van der Waals surface area contributed by atoms with Crippen LogP contribution in [0, 0.1) is 5.92 Å². The molecule has 2 aromatic rings. The zero-order chi connectivity index (χ0) is 14.9. The first-order valence-corrected chi connectivity index (χ1v) is 7.64. The highest BCUT2D eigenvalue weighted by atomic mass is 16.5. The molecule has 21 heavy (non-hydrogen) atoms. The van der Waals surface area contributed by atoms with Gasteiger partial charge >= 0.3 is 0 Å². The van der Waals surface area contributed by atoms with Gasteiger partial charge in [-0.3, -0.25) is 4.68 Å². The molecule has 0 aliphatic carbocycles. The smallest absolute Gasteiger partial charge is 0.119 e. The highest BCUT2D eigenvalue weighted by molar-refractivity contribution is 5.27. The first kappa shape index (κ1) is 15.6. The normalized spacial score (nSPS) is 11.0. The topological polar surface area (TPSA) is 39.1 Å². The van der Waals surface area contributed by atoms with Gasteiger partial charge in [0.2, 0.25) is 0 Å². The lowest BCUT2D eigenvalue weighted by Crippen LogP contribution is -2.19. The molecule has 0 radical (unpaired) electrons. The zero-order valence-electron chi connectivity index (χ0n) is 13.0. The Morgan fingerprint density at radius 2 is 2.05 bits per heavy atom. The fourth-order valence-electron chi connectivity index (χ4n) is 1.98. The quantitative estimate of drug-likeness (QED) is 0.720. The van der Waals surface area contributed by atoms with Crippen LogP contribution in [0.1, 0.15) is 25.8 Å². The van der Waals surface area contributed by atoms with Crippen LogP contribution in [0.3, 0.4) is 0 Å². The lowest BCUT2D eigenvalue weighted by molar-refractivity contribution is 0.289.